The molecule has 2 amide bonds. The van der Waals surface area contributed by atoms with E-state index in [1.165, 1.54) is 6.42 Å². The highest BCUT2D eigenvalue weighted by molar-refractivity contribution is 7.99. The number of amides is 2. The normalized spacial score (nSPS) is 27.1. The maximum atomic E-state index is 12.7. The van der Waals surface area contributed by atoms with E-state index in [0.29, 0.717) is 23.0 Å². The molecule has 0 aromatic carbocycles. The molecule has 1 N–H and O–H groups in total. The molecule has 8 heteroatoms. The Morgan fingerprint density at radius 2 is 2.04 bits per heavy atom. The summed E-state index contributed by atoms with van der Waals surface area (Å²) in [5.74, 6) is 2.68. The smallest absolute Gasteiger partial charge is 0.289 e. The molecule has 5 rings (SSSR count). The molecule has 0 spiro atoms. The topological polar surface area (TPSA) is 78.7 Å². The highest BCUT2D eigenvalue weighted by Crippen LogP contribution is 2.27. The highest BCUT2D eigenvalue weighted by atomic mass is 32.2. The van der Waals surface area contributed by atoms with Crippen molar-refractivity contribution in [2.75, 3.05) is 44.2 Å². The van der Waals surface area contributed by atoms with E-state index in [9.17, 15) is 9.59 Å². The summed E-state index contributed by atoms with van der Waals surface area (Å²) in [5, 5.41) is 3.87. The predicted octanol–water partition coefficient (Wildman–Crippen LogP) is 1.84. The third-order valence-corrected chi connectivity index (χ3v) is 6.89. The monoisotopic (exact) mass is 400 g/mol. The Kier molecular flexibility index (Phi) is 4.76. The maximum absolute atomic E-state index is 12.7. The van der Waals surface area contributed by atoms with E-state index in [-0.39, 0.29) is 17.9 Å². The molecule has 3 fully saturated rings. The molecular formula is C20H24N4O3S. The number of aromatic nitrogens is 1. The number of fused-ring (bicyclic) bond motifs is 3. The van der Waals surface area contributed by atoms with Crippen molar-refractivity contribution < 1.29 is 14.0 Å². The molecule has 3 aliphatic heterocycles. The zero-order valence-electron chi connectivity index (χ0n) is 15.7. The number of pyridine rings is 1. The first-order valence-electron chi connectivity index (χ1n) is 9.95. The van der Waals surface area contributed by atoms with Crippen molar-refractivity contribution in [2.24, 2.45) is 5.92 Å². The SMILES string of the molecule is O=C(N[C@@H]1C[C@@H]2CCN(C2)C1)c1cc2cc(C(=O)N3CCSCC3)oc2cn1. The van der Waals surface area contributed by atoms with Crippen molar-refractivity contribution in [3.63, 3.8) is 0 Å². The highest BCUT2D eigenvalue weighted by Gasteiger charge is 2.33. The average molecular weight is 401 g/mol. The van der Waals surface area contributed by atoms with Crippen LogP contribution in [0.2, 0.25) is 0 Å². The minimum absolute atomic E-state index is 0.0887. The standard InChI is InChI=1S/C20H24N4O3S/c25-19(22-15-7-13-1-2-23(11-13)12-15)16-8-14-9-17(27-18(14)10-21-16)20(26)24-3-5-28-6-4-24/h8-10,13,15H,1-7,11-12H2,(H,22,25)/t13-,15+/m0/s1. The minimum atomic E-state index is -0.156. The van der Waals surface area contributed by atoms with E-state index in [0.717, 1.165) is 56.0 Å². The lowest BCUT2D eigenvalue weighted by molar-refractivity contribution is 0.0742. The van der Waals surface area contributed by atoms with Gasteiger partial charge in [-0.15, -0.1) is 0 Å². The molecule has 1 unspecified atom stereocenters. The van der Waals surface area contributed by atoms with Gasteiger partial charge in [0, 0.05) is 49.1 Å². The predicted molar refractivity (Wildman–Crippen MR) is 108 cm³/mol. The molecule has 7 nitrogen and oxygen atoms in total. The van der Waals surface area contributed by atoms with Gasteiger partial charge in [-0.3, -0.25) is 9.59 Å². The molecule has 0 radical (unpaired) electrons. The largest absolute Gasteiger partial charge is 0.449 e. The van der Waals surface area contributed by atoms with Crippen LogP contribution in [0, 0.1) is 5.92 Å². The number of rotatable bonds is 3. The van der Waals surface area contributed by atoms with Gasteiger partial charge < -0.3 is 19.5 Å². The molecule has 3 atom stereocenters. The van der Waals surface area contributed by atoms with E-state index >= 15 is 0 Å². The summed E-state index contributed by atoms with van der Waals surface area (Å²) in [6, 6.07) is 3.63. The number of furan rings is 1. The molecule has 0 aliphatic carbocycles. The number of carbonyl (C=O) groups excluding carboxylic acids is 2. The number of nitrogens with one attached hydrogen (secondary N) is 1. The van der Waals surface area contributed by atoms with Crippen molar-refractivity contribution >= 4 is 34.5 Å². The first kappa shape index (κ1) is 18.0. The van der Waals surface area contributed by atoms with Crippen LogP contribution in [0.3, 0.4) is 0 Å². The van der Waals surface area contributed by atoms with E-state index in [1.54, 1.807) is 18.3 Å². The van der Waals surface area contributed by atoms with Crippen molar-refractivity contribution in [3.05, 3.63) is 29.8 Å². The number of hydrogen-bond donors (Lipinski definition) is 1. The fourth-order valence-corrected chi connectivity index (χ4v) is 5.42. The summed E-state index contributed by atoms with van der Waals surface area (Å²) in [6.07, 6.45) is 3.82. The van der Waals surface area contributed by atoms with E-state index in [4.69, 9.17) is 4.42 Å². The van der Waals surface area contributed by atoms with E-state index < -0.39 is 0 Å². The molecular weight excluding hydrogens is 376 g/mol. The van der Waals surface area contributed by atoms with Crippen molar-refractivity contribution in [1.82, 2.24) is 20.1 Å². The first-order chi connectivity index (χ1) is 13.7. The molecule has 0 saturated carbocycles. The van der Waals surface area contributed by atoms with Crippen LogP contribution in [0.4, 0.5) is 0 Å². The Hall–Kier alpha value is -2.06. The van der Waals surface area contributed by atoms with E-state index in [1.807, 2.05) is 16.7 Å². The van der Waals surface area contributed by atoms with Gasteiger partial charge in [-0.25, -0.2) is 4.98 Å². The van der Waals surface area contributed by atoms with Crippen molar-refractivity contribution in [3.8, 4) is 0 Å². The third-order valence-electron chi connectivity index (χ3n) is 5.95. The van der Waals surface area contributed by atoms with Gasteiger partial charge in [-0.1, -0.05) is 0 Å². The Morgan fingerprint density at radius 1 is 1.18 bits per heavy atom. The molecule has 28 heavy (non-hydrogen) atoms. The Balaban J connectivity index is 1.30. The number of nitrogens with zero attached hydrogens (tertiary/aromatic N) is 3. The second-order valence-electron chi connectivity index (χ2n) is 7.94. The summed E-state index contributed by atoms with van der Waals surface area (Å²) >= 11 is 1.86. The quantitative estimate of drug-likeness (QED) is 0.847. The zero-order valence-corrected chi connectivity index (χ0v) is 16.5. The summed E-state index contributed by atoms with van der Waals surface area (Å²) in [6.45, 7) is 4.71. The van der Waals surface area contributed by atoms with Crippen LogP contribution >= 0.6 is 11.8 Å². The van der Waals surface area contributed by atoms with Gasteiger partial charge in [-0.2, -0.15) is 11.8 Å². The first-order valence-corrected chi connectivity index (χ1v) is 11.1. The lowest BCUT2D eigenvalue weighted by Gasteiger charge is -2.30. The second kappa shape index (κ2) is 7.40. The van der Waals surface area contributed by atoms with Crippen molar-refractivity contribution in [1.29, 1.82) is 0 Å². The fourth-order valence-electron chi connectivity index (χ4n) is 4.52. The van der Waals surface area contributed by atoms with Gasteiger partial charge in [0.25, 0.3) is 11.8 Å². The van der Waals surface area contributed by atoms with Crippen LogP contribution in [0.15, 0.2) is 22.7 Å². The number of piperidine rings is 1. The van der Waals surface area contributed by atoms with Gasteiger partial charge in [0.1, 0.15) is 5.69 Å². The van der Waals surface area contributed by atoms with Gasteiger partial charge in [0.15, 0.2) is 11.3 Å². The van der Waals surface area contributed by atoms with Crippen LogP contribution in [-0.4, -0.2) is 76.9 Å². The molecule has 5 heterocycles. The molecule has 2 aromatic rings. The number of carbonyl (C=O) groups is 2. The van der Waals surface area contributed by atoms with Gasteiger partial charge in [0.2, 0.25) is 0 Å². The molecule has 3 aliphatic rings. The molecule has 2 bridgehead atoms. The fraction of sp³-hybridized carbons (Fsp3) is 0.550. The van der Waals surface area contributed by atoms with Gasteiger partial charge in [0.05, 0.1) is 6.20 Å². The van der Waals surface area contributed by atoms with Crippen LogP contribution in [-0.2, 0) is 0 Å². The maximum Gasteiger partial charge on any atom is 0.289 e. The molecule has 148 valence electrons. The van der Waals surface area contributed by atoms with Crippen LogP contribution in [0.5, 0.6) is 0 Å². The molecule has 2 aromatic heterocycles. The van der Waals surface area contributed by atoms with Crippen LogP contribution in [0.25, 0.3) is 11.0 Å². The van der Waals surface area contributed by atoms with E-state index in [2.05, 4.69) is 15.2 Å². The minimum Gasteiger partial charge on any atom is -0.449 e. The Labute approximate surface area is 167 Å². The number of hydrogen-bond acceptors (Lipinski definition) is 6. The molecule has 3 saturated heterocycles. The average Bonchev–Trinajstić information content (AvgIpc) is 3.30. The Morgan fingerprint density at radius 3 is 2.86 bits per heavy atom. The lowest BCUT2D eigenvalue weighted by atomic mass is 9.97. The lowest BCUT2D eigenvalue weighted by Crippen LogP contribution is -2.47. The summed E-state index contributed by atoms with van der Waals surface area (Å²) < 4.78 is 5.71. The third kappa shape index (κ3) is 3.51. The van der Waals surface area contributed by atoms with Crippen LogP contribution in [0.1, 0.15) is 33.9 Å². The van der Waals surface area contributed by atoms with Crippen molar-refractivity contribution in [2.45, 2.75) is 18.9 Å². The summed E-state index contributed by atoms with van der Waals surface area (Å²) in [5.41, 5.74) is 0.905. The van der Waals surface area contributed by atoms with Gasteiger partial charge >= 0.3 is 0 Å². The Bertz CT molecular complexity index is 896. The van der Waals surface area contributed by atoms with Crippen LogP contribution < -0.4 is 5.32 Å². The number of thioether (sulfide) groups is 1. The summed E-state index contributed by atoms with van der Waals surface area (Å²) in [4.78, 5) is 33.8. The summed E-state index contributed by atoms with van der Waals surface area (Å²) in [7, 11) is 0. The second-order valence-corrected chi connectivity index (χ2v) is 9.17. The van der Waals surface area contributed by atoms with Gasteiger partial charge in [-0.05, 0) is 37.4 Å². The zero-order chi connectivity index (χ0) is 19.1.